The minimum Gasteiger partial charge on any atom is -0.457 e. The number of hydrogen-bond donors (Lipinski definition) is 0. The molecule has 4 rings (SSSR count). The molecule has 6 nitrogen and oxygen atoms in total. The van der Waals surface area contributed by atoms with Gasteiger partial charge >= 0.3 is 12.4 Å². The van der Waals surface area contributed by atoms with E-state index in [0.29, 0.717) is 36.4 Å². The third-order valence-electron chi connectivity index (χ3n) is 6.02. The number of hydrogen-bond acceptors (Lipinski definition) is 6. The van der Waals surface area contributed by atoms with E-state index in [1.807, 2.05) is 0 Å². The minimum absolute atomic E-state index is 0.478. The summed E-state index contributed by atoms with van der Waals surface area (Å²) in [6.07, 6.45) is -7.01. The molecule has 0 N–H and O–H groups in total. The van der Waals surface area contributed by atoms with Gasteiger partial charge in [-0.1, -0.05) is 12.1 Å². The van der Waals surface area contributed by atoms with Crippen molar-refractivity contribution >= 4 is 11.3 Å². The second kappa shape index (κ2) is 12.5. The van der Waals surface area contributed by atoms with Crippen molar-refractivity contribution in [1.82, 2.24) is 0 Å². The highest BCUT2D eigenvalue weighted by atomic mass is 19.4. The zero-order chi connectivity index (χ0) is 34.0. The van der Waals surface area contributed by atoms with Gasteiger partial charge in [-0.2, -0.15) is 47.1 Å². The maximum Gasteiger partial charge on any atom is 0.416 e. The summed E-state index contributed by atoms with van der Waals surface area (Å²) >= 11 is 0. The number of benzene rings is 3. The number of nitriles is 3. The molecule has 0 amide bonds. The third-order valence-corrected chi connectivity index (χ3v) is 6.02. The Morgan fingerprint density at radius 2 is 1.17 bits per heavy atom. The fraction of sp³-hybridized carbons (Fsp3) is 0.0667. The Bertz CT molecular complexity index is 1970. The van der Waals surface area contributed by atoms with Crippen molar-refractivity contribution in [3.05, 3.63) is 123 Å². The molecule has 3 aromatic carbocycles. The van der Waals surface area contributed by atoms with Crippen molar-refractivity contribution in [1.29, 1.82) is 15.8 Å². The van der Waals surface area contributed by atoms with Gasteiger partial charge in [0, 0.05) is 11.6 Å². The fourth-order valence-corrected chi connectivity index (χ4v) is 3.98. The summed E-state index contributed by atoms with van der Waals surface area (Å²) in [5.41, 5.74) is -8.44. The average molecular weight is 648 g/mol. The van der Waals surface area contributed by atoms with E-state index >= 15 is 8.78 Å². The number of allylic oxidation sites excluding steroid dienone is 3. The number of halogens is 10. The van der Waals surface area contributed by atoms with Gasteiger partial charge in [0.2, 0.25) is 6.19 Å². The van der Waals surface area contributed by atoms with E-state index in [4.69, 9.17) is 14.7 Å². The molecule has 0 heterocycles. The lowest BCUT2D eigenvalue weighted by atomic mass is 9.93. The topological polar surface area (TPSA) is 102 Å². The predicted octanol–water partition coefficient (Wildman–Crippen LogP) is 8.29. The Balaban J connectivity index is 2.01. The molecule has 0 spiro atoms. The van der Waals surface area contributed by atoms with Gasteiger partial charge in [-0.25, -0.2) is 17.6 Å². The van der Waals surface area contributed by atoms with Crippen LogP contribution in [0.3, 0.4) is 0 Å². The van der Waals surface area contributed by atoms with Crippen LogP contribution in [0.5, 0.6) is 11.5 Å². The molecule has 0 saturated carbocycles. The van der Waals surface area contributed by atoms with Gasteiger partial charge in [0.05, 0.1) is 22.3 Å². The van der Waals surface area contributed by atoms with Crippen LogP contribution in [0.2, 0.25) is 0 Å². The molecule has 0 unspecified atom stereocenters. The number of nitrogens with zero attached hydrogens (tertiary/aromatic N) is 4. The summed E-state index contributed by atoms with van der Waals surface area (Å²) in [6, 6.07) is 8.42. The first-order chi connectivity index (χ1) is 21.6. The molecular weight excluding hydrogens is 638 g/mol. The Morgan fingerprint density at radius 1 is 0.674 bits per heavy atom. The van der Waals surface area contributed by atoms with E-state index in [9.17, 15) is 45.6 Å². The summed E-state index contributed by atoms with van der Waals surface area (Å²) in [6.45, 7) is 0. The molecule has 0 atom stereocenters. The average Bonchev–Trinajstić information content (AvgIpc) is 2.99. The van der Waals surface area contributed by atoms with Crippen LogP contribution in [0, 0.1) is 57.4 Å². The summed E-state index contributed by atoms with van der Waals surface area (Å²) in [4.78, 5) is 3.42. The van der Waals surface area contributed by atoms with Crippen LogP contribution in [0.4, 0.5) is 43.9 Å². The second-order valence-corrected chi connectivity index (χ2v) is 8.89. The van der Waals surface area contributed by atoms with Crippen LogP contribution >= 0.6 is 0 Å². The van der Waals surface area contributed by atoms with Gasteiger partial charge in [-0.3, -0.25) is 0 Å². The van der Waals surface area contributed by atoms with E-state index in [1.165, 1.54) is 12.3 Å². The molecule has 0 fully saturated rings. The van der Waals surface area contributed by atoms with Gasteiger partial charge in [-0.05, 0) is 42.5 Å². The lowest BCUT2D eigenvalue weighted by molar-refractivity contribution is -0.138. The lowest BCUT2D eigenvalue weighted by Crippen LogP contribution is -2.17. The standard InChI is InChI=1S/C30H10F10N4O2/c31-25-20(12-42)26(32)28(34)24(27(25)33)19(11-41)18-9-23(46-17-6-2-4-15(8-17)30(38,39)40)21(44-13-43)10-22(18)45-16-5-1-3-14(7-16)29(35,36)37/h1-10H/b19-18+,44-21?. The van der Waals surface area contributed by atoms with Crippen LogP contribution in [0.15, 0.2) is 82.8 Å². The quantitative estimate of drug-likeness (QED) is 0.120. The van der Waals surface area contributed by atoms with Crippen molar-refractivity contribution < 1.29 is 53.4 Å². The largest absolute Gasteiger partial charge is 0.457 e. The summed E-state index contributed by atoms with van der Waals surface area (Å²) in [7, 11) is 0. The van der Waals surface area contributed by atoms with Gasteiger partial charge in [0.25, 0.3) is 0 Å². The van der Waals surface area contributed by atoms with Crippen molar-refractivity contribution in [3.63, 3.8) is 0 Å². The number of aliphatic imine (C=N–C) groups is 1. The van der Waals surface area contributed by atoms with Crippen molar-refractivity contribution in [2.75, 3.05) is 0 Å². The van der Waals surface area contributed by atoms with Gasteiger partial charge in [0.15, 0.2) is 29.0 Å². The highest BCUT2D eigenvalue weighted by molar-refractivity contribution is 6.11. The zero-order valence-electron chi connectivity index (χ0n) is 22.2. The van der Waals surface area contributed by atoms with Crippen LogP contribution in [0.25, 0.3) is 5.57 Å². The van der Waals surface area contributed by atoms with Crippen molar-refractivity contribution in [3.8, 4) is 29.8 Å². The highest BCUT2D eigenvalue weighted by Crippen LogP contribution is 2.38. The van der Waals surface area contributed by atoms with Crippen LogP contribution < -0.4 is 9.47 Å². The first-order valence-corrected chi connectivity index (χ1v) is 12.1. The van der Waals surface area contributed by atoms with Gasteiger partial charge in [0.1, 0.15) is 40.7 Å². The molecule has 0 saturated heterocycles. The van der Waals surface area contributed by atoms with Crippen molar-refractivity contribution in [2.45, 2.75) is 12.4 Å². The highest BCUT2D eigenvalue weighted by Gasteiger charge is 2.34. The molecule has 3 aromatic rings. The monoisotopic (exact) mass is 648 g/mol. The SMILES string of the molecule is N#CN=C1C=C(Oc2cccc(C(F)(F)F)c2)/C(=C(\C#N)c2c(F)c(F)c(C#N)c(F)c2F)C=C1Oc1cccc(C(F)(F)F)c1. The molecule has 46 heavy (non-hydrogen) atoms. The number of alkyl halides is 6. The Hall–Kier alpha value is -6.08. The first-order valence-electron chi connectivity index (χ1n) is 12.1. The van der Waals surface area contributed by atoms with E-state index < -0.39 is 97.8 Å². The smallest absolute Gasteiger partial charge is 0.416 e. The molecule has 0 aliphatic heterocycles. The summed E-state index contributed by atoms with van der Waals surface area (Å²) in [5.74, 6) is -11.4. The van der Waals surface area contributed by atoms with E-state index in [1.54, 1.807) is 0 Å². The van der Waals surface area contributed by atoms with Crippen LogP contribution in [-0.2, 0) is 12.4 Å². The fourth-order valence-electron chi connectivity index (χ4n) is 3.98. The Labute approximate surface area is 251 Å². The number of ether oxygens (including phenoxy) is 2. The molecular formula is C30H10F10N4O2. The predicted molar refractivity (Wildman–Crippen MR) is 137 cm³/mol. The maximum atomic E-state index is 15.1. The van der Waals surface area contributed by atoms with E-state index in [2.05, 4.69) is 4.99 Å². The molecule has 16 heteroatoms. The Morgan fingerprint density at radius 3 is 1.61 bits per heavy atom. The molecule has 1 aliphatic carbocycles. The molecule has 0 aromatic heterocycles. The van der Waals surface area contributed by atoms with E-state index in [-0.39, 0.29) is 0 Å². The van der Waals surface area contributed by atoms with Crippen LogP contribution in [-0.4, -0.2) is 5.71 Å². The number of rotatable bonds is 5. The molecule has 1 aliphatic rings. The molecule has 232 valence electrons. The summed E-state index contributed by atoms with van der Waals surface area (Å²) in [5, 5.41) is 28.0. The third kappa shape index (κ3) is 6.54. The maximum absolute atomic E-state index is 15.1. The summed E-state index contributed by atoms with van der Waals surface area (Å²) < 4.78 is 150. The second-order valence-electron chi connectivity index (χ2n) is 8.89. The normalized spacial score (nSPS) is 15.2. The Kier molecular flexibility index (Phi) is 8.92. The molecule has 0 bridgehead atoms. The van der Waals surface area contributed by atoms with Gasteiger partial charge < -0.3 is 9.47 Å². The lowest BCUT2D eigenvalue weighted by Gasteiger charge is -2.21. The zero-order valence-corrected chi connectivity index (χ0v) is 22.2. The van der Waals surface area contributed by atoms with Crippen molar-refractivity contribution in [2.24, 2.45) is 4.99 Å². The first kappa shape index (κ1) is 32.8. The van der Waals surface area contributed by atoms with Crippen LogP contribution in [0.1, 0.15) is 22.3 Å². The van der Waals surface area contributed by atoms with E-state index in [0.717, 1.165) is 30.3 Å². The van der Waals surface area contributed by atoms with Gasteiger partial charge in [-0.15, -0.1) is 0 Å². The molecule has 0 radical (unpaired) electrons. The minimum atomic E-state index is -4.88.